The first-order chi connectivity index (χ1) is 11.0. The van der Waals surface area contributed by atoms with Crippen LogP contribution >= 0.6 is 11.6 Å². The molecule has 0 saturated heterocycles. The Morgan fingerprint density at radius 3 is 2.30 bits per heavy atom. The second-order valence-electron chi connectivity index (χ2n) is 5.23. The Balaban J connectivity index is 1.88. The number of anilines is 1. The molecule has 0 aliphatic rings. The van der Waals surface area contributed by atoms with Crippen LogP contribution in [0.2, 0.25) is 5.02 Å². The van der Waals surface area contributed by atoms with Gasteiger partial charge in [-0.1, -0.05) is 41.9 Å². The zero-order chi connectivity index (χ0) is 16.7. The average Bonchev–Trinajstić information content (AvgIpc) is 2.54. The van der Waals surface area contributed by atoms with Crippen molar-refractivity contribution in [1.29, 1.82) is 0 Å². The number of hydrogen-bond acceptors (Lipinski definition) is 2. The van der Waals surface area contributed by atoms with Crippen LogP contribution in [-0.4, -0.2) is 23.3 Å². The van der Waals surface area contributed by atoms with Gasteiger partial charge in [0.25, 0.3) is 0 Å². The Bertz CT molecular complexity index is 656. The maximum Gasteiger partial charge on any atom is 0.226 e. The van der Waals surface area contributed by atoms with Gasteiger partial charge in [-0.15, -0.1) is 0 Å². The Labute approximate surface area is 141 Å². The first-order valence-electron chi connectivity index (χ1n) is 7.39. The number of rotatable bonds is 6. The van der Waals surface area contributed by atoms with Crippen LogP contribution in [-0.2, 0) is 16.1 Å². The third kappa shape index (κ3) is 5.75. The molecular formula is C18H19ClN2O2. The number of para-hydroxylation sites is 1. The van der Waals surface area contributed by atoms with Crippen LogP contribution in [0.25, 0.3) is 0 Å². The summed E-state index contributed by atoms with van der Waals surface area (Å²) in [6.45, 7) is 2.34. The SMILES string of the molecule is CC(=O)N(CCC(=O)Nc1ccccc1)Cc1ccc(Cl)cc1. The van der Waals surface area contributed by atoms with Gasteiger partial charge in [0, 0.05) is 37.1 Å². The van der Waals surface area contributed by atoms with E-state index in [-0.39, 0.29) is 18.2 Å². The van der Waals surface area contributed by atoms with Gasteiger partial charge >= 0.3 is 0 Å². The van der Waals surface area contributed by atoms with Crippen molar-refractivity contribution in [1.82, 2.24) is 4.90 Å². The molecule has 2 amide bonds. The first kappa shape index (κ1) is 17.0. The van der Waals surface area contributed by atoms with E-state index in [0.717, 1.165) is 11.3 Å². The highest BCUT2D eigenvalue weighted by atomic mass is 35.5. The largest absolute Gasteiger partial charge is 0.338 e. The molecule has 0 aliphatic heterocycles. The minimum absolute atomic E-state index is 0.0625. The third-order valence-corrected chi connectivity index (χ3v) is 3.65. The Morgan fingerprint density at radius 1 is 1.04 bits per heavy atom. The molecule has 0 fully saturated rings. The highest BCUT2D eigenvalue weighted by Gasteiger charge is 2.12. The lowest BCUT2D eigenvalue weighted by molar-refractivity contribution is -0.129. The van der Waals surface area contributed by atoms with Crippen molar-refractivity contribution in [2.24, 2.45) is 0 Å². The van der Waals surface area contributed by atoms with Gasteiger partial charge in [0.05, 0.1) is 0 Å². The van der Waals surface area contributed by atoms with E-state index in [9.17, 15) is 9.59 Å². The summed E-state index contributed by atoms with van der Waals surface area (Å²) in [5.41, 5.74) is 1.73. The van der Waals surface area contributed by atoms with Crippen LogP contribution in [0.5, 0.6) is 0 Å². The van der Waals surface area contributed by atoms with Crippen LogP contribution in [0.1, 0.15) is 18.9 Å². The van der Waals surface area contributed by atoms with Gasteiger partial charge in [-0.05, 0) is 29.8 Å². The molecule has 0 atom stereocenters. The van der Waals surface area contributed by atoms with Gasteiger partial charge in [-0.25, -0.2) is 0 Å². The minimum atomic E-state index is -0.112. The van der Waals surface area contributed by atoms with Crippen molar-refractivity contribution in [3.05, 3.63) is 65.2 Å². The summed E-state index contributed by atoms with van der Waals surface area (Å²) < 4.78 is 0. The zero-order valence-electron chi connectivity index (χ0n) is 13.0. The highest BCUT2D eigenvalue weighted by Crippen LogP contribution is 2.12. The molecule has 23 heavy (non-hydrogen) atoms. The molecule has 0 bridgehead atoms. The van der Waals surface area contributed by atoms with E-state index < -0.39 is 0 Å². The number of carbonyl (C=O) groups excluding carboxylic acids is 2. The molecule has 0 radical (unpaired) electrons. The molecular weight excluding hydrogens is 312 g/mol. The predicted octanol–water partition coefficient (Wildman–Crippen LogP) is 3.72. The smallest absolute Gasteiger partial charge is 0.226 e. The van der Waals surface area contributed by atoms with Gasteiger partial charge in [-0.3, -0.25) is 9.59 Å². The van der Waals surface area contributed by atoms with Gasteiger partial charge < -0.3 is 10.2 Å². The fourth-order valence-electron chi connectivity index (χ4n) is 2.14. The minimum Gasteiger partial charge on any atom is -0.338 e. The van der Waals surface area contributed by atoms with Gasteiger partial charge in [-0.2, -0.15) is 0 Å². The van der Waals surface area contributed by atoms with E-state index in [1.807, 2.05) is 42.5 Å². The number of benzene rings is 2. The second kappa shape index (κ2) is 8.34. The number of nitrogens with one attached hydrogen (secondary N) is 1. The number of carbonyl (C=O) groups is 2. The summed E-state index contributed by atoms with van der Waals surface area (Å²) in [7, 11) is 0. The normalized spacial score (nSPS) is 10.2. The lowest BCUT2D eigenvalue weighted by Crippen LogP contribution is -2.31. The monoisotopic (exact) mass is 330 g/mol. The van der Waals surface area contributed by atoms with Crippen LogP contribution in [0.15, 0.2) is 54.6 Å². The molecule has 2 aromatic rings. The van der Waals surface area contributed by atoms with E-state index in [4.69, 9.17) is 11.6 Å². The van der Waals surface area contributed by atoms with Gasteiger partial charge in [0.15, 0.2) is 0 Å². The molecule has 0 aromatic heterocycles. The van der Waals surface area contributed by atoms with E-state index >= 15 is 0 Å². The molecule has 0 aliphatic carbocycles. The summed E-state index contributed by atoms with van der Waals surface area (Å²) in [6, 6.07) is 16.6. The third-order valence-electron chi connectivity index (χ3n) is 3.40. The fourth-order valence-corrected chi connectivity index (χ4v) is 2.27. The number of halogens is 1. The molecule has 0 unspecified atom stereocenters. The topological polar surface area (TPSA) is 49.4 Å². The summed E-state index contributed by atoms with van der Waals surface area (Å²) in [5.74, 6) is -0.175. The summed E-state index contributed by atoms with van der Waals surface area (Å²) in [5, 5.41) is 3.47. The molecule has 0 saturated carbocycles. The maximum absolute atomic E-state index is 12.0. The van der Waals surface area contributed by atoms with Crippen molar-refractivity contribution >= 4 is 29.1 Å². The van der Waals surface area contributed by atoms with Crippen molar-refractivity contribution in [3.63, 3.8) is 0 Å². The Hall–Kier alpha value is -2.33. The van der Waals surface area contributed by atoms with Crippen molar-refractivity contribution in [3.8, 4) is 0 Å². The average molecular weight is 331 g/mol. The fraction of sp³-hybridized carbons (Fsp3) is 0.222. The van der Waals surface area contributed by atoms with Crippen LogP contribution < -0.4 is 5.32 Å². The number of hydrogen-bond donors (Lipinski definition) is 1. The molecule has 120 valence electrons. The Morgan fingerprint density at radius 2 is 1.70 bits per heavy atom. The Kier molecular flexibility index (Phi) is 6.18. The molecule has 2 aromatic carbocycles. The van der Waals surface area contributed by atoms with Crippen molar-refractivity contribution in [2.45, 2.75) is 19.9 Å². The van der Waals surface area contributed by atoms with E-state index in [0.29, 0.717) is 18.1 Å². The molecule has 4 nitrogen and oxygen atoms in total. The lowest BCUT2D eigenvalue weighted by Gasteiger charge is -2.21. The first-order valence-corrected chi connectivity index (χ1v) is 7.77. The number of amides is 2. The van der Waals surface area contributed by atoms with Gasteiger partial charge in [0.1, 0.15) is 0 Å². The van der Waals surface area contributed by atoms with E-state index in [2.05, 4.69) is 5.32 Å². The maximum atomic E-state index is 12.0. The van der Waals surface area contributed by atoms with Gasteiger partial charge in [0.2, 0.25) is 11.8 Å². The summed E-state index contributed by atoms with van der Waals surface area (Å²) in [6.07, 6.45) is 0.252. The molecule has 0 heterocycles. The van der Waals surface area contributed by atoms with Crippen molar-refractivity contribution in [2.75, 3.05) is 11.9 Å². The van der Waals surface area contributed by atoms with E-state index in [1.54, 1.807) is 17.0 Å². The highest BCUT2D eigenvalue weighted by molar-refractivity contribution is 6.30. The summed E-state index contributed by atoms with van der Waals surface area (Å²) in [4.78, 5) is 25.4. The number of nitrogens with zero attached hydrogens (tertiary/aromatic N) is 1. The second-order valence-corrected chi connectivity index (χ2v) is 5.67. The molecule has 0 spiro atoms. The predicted molar refractivity (Wildman–Crippen MR) is 92.2 cm³/mol. The zero-order valence-corrected chi connectivity index (χ0v) is 13.7. The molecule has 2 rings (SSSR count). The van der Waals surface area contributed by atoms with E-state index in [1.165, 1.54) is 6.92 Å². The summed E-state index contributed by atoms with van der Waals surface area (Å²) >= 11 is 5.86. The van der Waals surface area contributed by atoms with Crippen molar-refractivity contribution < 1.29 is 9.59 Å². The van der Waals surface area contributed by atoms with Crippen LogP contribution in [0.4, 0.5) is 5.69 Å². The quantitative estimate of drug-likeness (QED) is 0.877. The molecule has 1 N–H and O–H groups in total. The van der Waals surface area contributed by atoms with Crippen LogP contribution in [0.3, 0.4) is 0 Å². The molecule has 5 heteroatoms. The standard InChI is InChI=1S/C18H19ClN2O2/c1-14(22)21(13-15-7-9-16(19)10-8-15)12-11-18(23)20-17-5-3-2-4-6-17/h2-10H,11-13H2,1H3,(H,20,23). The van der Waals surface area contributed by atoms with Crippen LogP contribution in [0, 0.1) is 0 Å². The lowest BCUT2D eigenvalue weighted by atomic mass is 10.2.